The number of rotatable bonds is 6. The molecule has 0 spiro atoms. The molecule has 32 heavy (non-hydrogen) atoms. The van der Waals surface area contributed by atoms with E-state index in [1.165, 1.54) is 11.1 Å². The Morgan fingerprint density at radius 3 is 2.56 bits per heavy atom. The van der Waals surface area contributed by atoms with Crippen LogP contribution < -0.4 is 0 Å². The van der Waals surface area contributed by atoms with Crippen LogP contribution in [0.3, 0.4) is 0 Å². The van der Waals surface area contributed by atoms with E-state index in [4.69, 9.17) is 10.00 Å². The highest BCUT2D eigenvalue weighted by atomic mass is 35.5. The van der Waals surface area contributed by atoms with Crippen molar-refractivity contribution in [1.29, 1.82) is 5.26 Å². The van der Waals surface area contributed by atoms with Crippen molar-refractivity contribution in [1.82, 2.24) is 14.9 Å². The number of carbonyl (C=O) groups is 1. The Balaban J connectivity index is 0.00000181. The van der Waals surface area contributed by atoms with E-state index in [1.807, 2.05) is 49.5 Å². The minimum absolute atomic E-state index is 0. The lowest BCUT2D eigenvalue weighted by Crippen LogP contribution is -2.48. The molecule has 2 atom stereocenters. The van der Waals surface area contributed by atoms with E-state index in [0.717, 1.165) is 11.3 Å². The van der Waals surface area contributed by atoms with E-state index in [2.05, 4.69) is 33.1 Å². The van der Waals surface area contributed by atoms with Gasteiger partial charge in [0.25, 0.3) is 0 Å². The molecule has 168 valence electrons. The van der Waals surface area contributed by atoms with Gasteiger partial charge in [0.1, 0.15) is 6.04 Å². The summed E-state index contributed by atoms with van der Waals surface area (Å²) in [5, 5.41) is 9.08. The number of H-pyrrole nitrogens is 1. The second kappa shape index (κ2) is 11.7. The molecule has 2 unspecified atom stereocenters. The minimum atomic E-state index is -0.369. The summed E-state index contributed by atoms with van der Waals surface area (Å²) < 4.78 is 5.43. The summed E-state index contributed by atoms with van der Waals surface area (Å²) in [6.45, 7) is 2.84. The highest BCUT2D eigenvalue weighted by molar-refractivity contribution is 5.85. The first-order chi connectivity index (χ1) is 14.7. The number of nitriles is 1. The number of aromatic nitrogens is 2. The van der Waals surface area contributed by atoms with Crippen LogP contribution in [-0.4, -0.2) is 33.5 Å². The smallest absolute Gasteiger partial charge is 0.323 e. The average molecular weight is 473 g/mol. The normalized spacial score (nSPS) is 15.9. The van der Waals surface area contributed by atoms with Gasteiger partial charge in [-0.3, -0.25) is 9.69 Å². The third kappa shape index (κ3) is 5.49. The average Bonchev–Trinajstić information content (AvgIpc) is 3.32. The molecular weight excluding hydrogens is 447 g/mol. The SMILES string of the molecule is CCOC(=O)C1Cc2ccccc2CN1C(Cc1ccc(C#N)cc1)c1cnc[nH]1.Cl.Cl. The fourth-order valence-electron chi connectivity index (χ4n) is 4.12. The number of benzene rings is 2. The van der Waals surface area contributed by atoms with Gasteiger partial charge < -0.3 is 9.72 Å². The predicted molar refractivity (Wildman–Crippen MR) is 127 cm³/mol. The first-order valence-corrected chi connectivity index (χ1v) is 10.2. The van der Waals surface area contributed by atoms with Crippen LogP contribution in [-0.2, 0) is 28.9 Å². The van der Waals surface area contributed by atoms with Gasteiger partial charge in [0.15, 0.2) is 0 Å². The summed E-state index contributed by atoms with van der Waals surface area (Å²) in [6, 6.07) is 17.6. The number of aromatic amines is 1. The molecular formula is C24H26Cl2N4O2. The number of hydrogen-bond donors (Lipinski definition) is 1. The van der Waals surface area contributed by atoms with Crippen molar-refractivity contribution < 1.29 is 9.53 Å². The number of carbonyl (C=O) groups excluding carboxylic acids is 1. The summed E-state index contributed by atoms with van der Waals surface area (Å²) in [4.78, 5) is 22.6. The van der Waals surface area contributed by atoms with Crippen molar-refractivity contribution in [2.24, 2.45) is 0 Å². The molecule has 0 aliphatic carbocycles. The van der Waals surface area contributed by atoms with Gasteiger partial charge in [-0.1, -0.05) is 36.4 Å². The number of imidazole rings is 1. The van der Waals surface area contributed by atoms with Gasteiger partial charge in [-0.15, -0.1) is 24.8 Å². The highest BCUT2D eigenvalue weighted by Gasteiger charge is 2.37. The van der Waals surface area contributed by atoms with Crippen molar-refractivity contribution in [3.05, 3.63) is 89.0 Å². The molecule has 0 amide bonds. The van der Waals surface area contributed by atoms with Crippen LogP contribution >= 0.6 is 24.8 Å². The summed E-state index contributed by atoms with van der Waals surface area (Å²) in [5.41, 5.74) is 5.09. The van der Waals surface area contributed by atoms with Gasteiger partial charge in [-0.25, -0.2) is 4.98 Å². The van der Waals surface area contributed by atoms with Crippen molar-refractivity contribution >= 4 is 30.8 Å². The molecule has 0 bridgehead atoms. The number of fused-ring (bicyclic) bond motifs is 1. The number of esters is 1. The van der Waals surface area contributed by atoms with Gasteiger partial charge in [-0.2, -0.15) is 5.26 Å². The quantitative estimate of drug-likeness (QED) is 0.537. The maximum Gasteiger partial charge on any atom is 0.323 e. The fourth-order valence-corrected chi connectivity index (χ4v) is 4.12. The summed E-state index contributed by atoms with van der Waals surface area (Å²) in [5.74, 6) is -0.198. The van der Waals surface area contributed by atoms with Crippen LogP contribution in [0.5, 0.6) is 0 Å². The van der Waals surface area contributed by atoms with E-state index in [0.29, 0.717) is 31.6 Å². The summed E-state index contributed by atoms with van der Waals surface area (Å²) in [6.07, 6.45) is 4.79. The van der Waals surface area contributed by atoms with E-state index in [1.54, 1.807) is 6.33 Å². The minimum Gasteiger partial charge on any atom is -0.465 e. The number of nitrogens with zero attached hydrogens (tertiary/aromatic N) is 3. The standard InChI is InChI=1S/C24H24N4O2.2ClH/c1-2-30-24(29)23-12-19-5-3-4-6-20(19)15-28(23)22(21-14-26-16-27-21)11-17-7-9-18(13-25)10-8-17;;/h3-10,14,16,22-23H,2,11-12,15H2,1H3,(H,26,27);2*1H. The second-order valence-electron chi connectivity index (χ2n) is 7.45. The molecule has 4 rings (SSSR count). The predicted octanol–water partition coefficient (Wildman–Crippen LogP) is 4.40. The summed E-state index contributed by atoms with van der Waals surface area (Å²) in [7, 11) is 0. The van der Waals surface area contributed by atoms with E-state index >= 15 is 0 Å². The van der Waals surface area contributed by atoms with Crippen molar-refractivity contribution in [2.45, 2.75) is 38.4 Å². The topological polar surface area (TPSA) is 82.0 Å². The second-order valence-corrected chi connectivity index (χ2v) is 7.45. The molecule has 8 heteroatoms. The lowest BCUT2D eigenvalue weighted by atomic mass is 9.90. The Labute approximate surface area is 200 Å². The Morgan fingerprint density at radius 1 is 1.22 bits per heavy atom. The first-order valence-electron chi connectivity index (χ1n) is 10.2. The zero-order valence-corrected chi connectivity index (χ0v) is 19.4. The van der Waals surface area contributed by atoms with E-state index in [-0.39, 0.29) is 42.9 Å². The van der Waals surface area contributed by atoms with E-state index < -0.39 is 0 Å². The molecule has 3 aromatic rings. The maximum absolute atomic E-state index is 12.9. The largest absolute Gasteiger partial charge is 0.465 e. The van der Waals surface area contributed by atoms with Crippen LogP contribution in [0.1, 0.15) is 40.9 Å². The Kier molecular flexibility index (Phi) is 9.27. The molecule has 6 nitrogen and oxygen atoms in total. The number of nitrogens with one attached hydrogen (secondary N) is 1. The molecule has 1 aliphatic rings. The Morgan fingerprint density at radius 2 is 1.94 bits per heavy atom. The van der Waals surface area contributed by atoms with Crippen LogP contribution in [0.15, 0.2) is 61.1 Å². The number of halogens is 2. The zero-order chi connectivity index (χ0) is 20.9. The van der Waals surface area contributed by atoms with Gasteiger partial charge in [-0.05, 0) is 48.6 Å². The van der Waals surface area contributed by atoms with E-state index in [9.17, 15) is 4.79 Å². The van der Waals surface area contributed by atoms with Crippen LogP contribution in [0.2, 0.25) is 0 Å². The van der Waals surface area contributed by atoms with Gasteiger partial charge >= 0.3 is 5.97 Å². The molecule has 0 radical (unpaired) electrons. The monoisotopic (exact) mass is 472 g/mol. The Hall–Kier alpha value is -2.85. The molecule has 0 saturated heterocycles. The van der Waals surface area contributed by atoms with Gasteiger partial charge in [0, 0.05) is 12.7 Å². The van der Waals surface area contributed by atoms with Crippen molar-refractivity contribution in [3.63, 3.8) is 0 Å². The van der Waals surface area contributed by atoms with Crippen LogP contribution in [0.25, 0.3) is 0 Å². The molecule has 2 heterocycles. The zero-order valence-electron chi connectivity index (χ0n) is 17.7. The highest BCUT2D eigenvalue weighted by Crippen LogP contribution is 2.33. The maximum atomic E-state index is 12.9. The number of hydrogen-bond acceptors (Lipinski definition) is 5. The summed E-state index contributed by atoms with van der Waals surface area (Å²) >= 11 is 0. The molecule has 1 aromatic heterocycles. The molecule has 2 aromatic carbocycles. The van der Waals surface area contributed by atoms with Crippen LogP contribution in [0, 0.1) is 11.3 Å². The molecule has 1 aliphatic heterocycles. The van der Waals surface area contributed by atoms with Crippen molar-refractivity contribution in [2.75, 3.05) is 6.61 Å². The van der Waals surface area contributed by atoms with Crippen molar-refractivity contribution in [3.8, 4) is 6.07 Å². The van der Waals surface area contributed by atoms with Gasteiger partial charge in [0.05, 0.1) is 36.3 Å². The number of ether oxygens (including phenoxy) is 1. The molecule has 0 fully saturated rings. The molecule has 0 saturated carbocycles. The lowest BCUT2D eigenvalue weighted by molar-refractivity contribution is -0.151. The Bertz CT molecular complexity index is 1050. The third-order valence-corrected chi connectivity index (χ3v) is 5.63. The fraction of sp³-hybridized carbons (Fsp3) is 0.292. The first kappa shape index (κ1) is 25.4. The van der Waals surface area contributed by atoms with Crippen LogP contribution in [0.4, 0.5) is 0 Å². The third-order valence-electron chi connectivity index (χ3n) is 5.63. The molecule has 1 N–H and O–H groups in total. The van der Waals surface area contributed by atoms with Gasteiger partial charge in [0.2, 0.25) is 0 Å². The lowest BCUT2D eigenvalue weighted by Gasteiger charge is -2.40.